The lowest BCUT2D eigenvalue weighted by atomic mass is 10.6. The molecule has 1 aromatic heterocycles. The lowest BCUT2D eigenvalue weighted by Gasteiger charge is -2.05. The van der Waals surface area contributed by atoms with E-state index in [-0.39, 0.29) is 0 Å². The minimum absolute atomic E-state index is 0.578. The maximum atomic E-state index is 5.67. The largest absolute Gasteiger partial charge is 0.329 e. The van der Waals surface area contributed by atoms with Gasteiger partial charge in [-0.3, -0.25) is 0 Å². The number of aromatic nitrogens is 3. The van der Waals surface area contributed by atoms with Crippen LogP contribution in [0.4, 0.5) is 0 Å². The average molecular weight is 233 g/mol. The second-order valence-electron chi connectivity index (χ2n) is 2.78. The topological polar surface area (TPSA) is 56.7 Å². The molecule has 1 heterocycles. The summed E-state index contributed by atoms with van der Waals surface area (Å²) in [6.07, 6.45) is 0. The van der Waals surface area contributed by atoms with Crippen molar-refractivity contribution in [3.05, 3.63) is 17.4 Å². The van der Waals surface area contributed by atoms with Crippen molar-refractivity contribution in [2.75, 3.05) is 12.3 Å². The summed E-state index contributed by atoms with van der Waals surface area (Å²) in [5.41, 5.74) is 5.48. The Morgan fingerprint density at radius 2 is 2.36 bits per heavy atom. The SMILES string of the molecule is C=C(Cl)CSc1nnc(C)n1CCN. The number of rotatable bonds is 5. The summed E-state index contributed by atoms with van der Waals surface area (Å²) in [7, 11) is 0. The number of hydrogen-bond acceptors (Lipinski definition) is 4. The minimum Gasteiger partial charge on any atom is -0.329 e. The summed E-state index contributed by atoms with van der Waals surface area (Å²) in [5, 5.41) is 9.45. The van der Waals surface area contributed by atoms with Crippen LogP contribution < -0.4 is 5.73 Å². The fraction of sp³-hybridized carbons (Fsp3) is 0.500. The first-order valence-electron chi connectivity index (χ1n) is 4.21. The van der Waals surface area contributed by atoms with Gasteiger partial charge in [0.1, 0.15) is 5.82 Å². The van der Waals surface area contributed by atoms with Crippen LogP contribution in [-0.2, 0) is 6.54 Å². The molecular weight excluding hydrogens is 220 g/mol. The summed E-state index contributed by atoms with van der Waals surface area (Å²) in [6.45, 7) is 6.83. The van der Waals surface area contributed by atoms with E-state index in [1.54, 1.807) is 0 Å². The molecule has 0 fully saturated rings. The third kappa shape index (κ3) is 3.01. The van der Waals surface area contributed by atoms with E-state index in [0.717, 1.165) is 17.5 Å². The molecule has 0 saturated heterocycles. The summed E-state index contributed by atoms with van der Waals surface area (Å²) in [6, 6.07) is 0. The van der Waals surface area contributed by atoms with Crippen molar-refractivity contribution in [2.24, 2.45) is 5.73 Å². The molecule has 6 heteroatoms. The first kappa shape index (κ1) is 11.6. The molecule has 2 N–H and O–H groups in total. The van der Waals surface area contributed by atoms with Gasteiger partial charge in [-0.25, -0.2) is 0 Å². The highest BCUT2D eigenvalue weighted by Crippen LogP contribution is 2.19. The van der Waals surface area contributed by atoms with Crippen molar-refractivity contribution in [3.8, 4) is 0 Å². The zero-order chi connectivity index (χ0) is 10.6. The summed E-state index contributed by atoms with van der Waals surface area (Å²) in [4.78, 5) is 0. The summed E-state index contributed by atoms with van der Waals surface area (Å²) in [5.74, 6) is 1.52. The molecule has 0 spiro atoms. The van der Waals surface area contributed by atoms with Crippen LogP contribution in [-0.4, -0.2) is 27.1 Å². The lowest BCUT2D eigenvalue weighted by molar-refractivity contribution is 0.628. The van der Waals surface area contributed by atoms with Crippen molar-refractivity contribution in [2.45, 2.75) is 18.6 Å². The van der Waals surface area contributed by atoms with Crippen molar-refractivity contribution < 1.29 is 0 Å². The van der Waals surface area contributed by atoms with Gasteiger partial charge in [0.2, 0.25) is 0 Å². The van der Waals surface area contributed by atoms with E-state index in [0.29, 0.717) is 17.3 Å². The zero-order valence-corrected chi connectivity index (χ0v) is 9.61. The smallest absolute Gasteiger partial charge is 0.191 e. The summed E-state index contributed by atoms with van der Waals surface area (Å²) >= 11 is 7.18. The Bertz CT molecular complexity index is 323. The third-order valence-corrected chi connectivity index (χ3v) is 2.96. The fourth-order valence-electron chi connectivity index (χ4n) is 0.998. The zero-order valence-electron chi connectivity index (χ0n) is 8.03. The second kappa shape index (κ2) is 5.38. The highest BCUT2D eigenvalue weighted by Gasteiger charge is 2.08. The van der Waals surface area contributed by atoms with Crippen LogP contribution >= 0.6 is 23.4 Å². The minimum atomic E-state index is 0.578. The molecule has 0 aliphatic rings. The van der Waals surface area contributed by atoms with Crippen LogP contribution in [0.1, 0.15) is 5.82 Å². The van der Waals surface area contributed by atoms with E-state index < -0.39 is 0 Å². The Morgan fingerprint density at radius 1 is 1.64 bits per heavy atom. The average Bonchev–Trinajstić information content (AvgIpc) is 2.46. The molecule has 0 amide bonds. The van der Waals surface area contributed by atoms with Crippen LogP contribution in [0, 0.1) is 6.92 Å². The number of nitrogens with two attached hydrogens (primary N) is 1. The highest BCUT2D eigenvalue weighted by atomic mass is 35.5. The molecule has 0 bridgehead atoms. The molecule has 14 heavy (non-hydrogen) atoms. The van der Waals surface area contributed by atoms with E-state index >= 15 is 0 Å². The van der Waals surface area contributed by atoms with Crippen LogP contribution in [0.2, 0.25) is 0 Å². The Morgan fingerprint density at radius 3 is 2.93 bits per heavy atom. The van der Waals surface area contributed by atoms with Gasteiger partial charge in [0.15, 0.2) is 5.16 Å². The Balaban J connectivity index is 2.70. The Hall–Kier alpha value is -0.520. The van der Waals surface area contributed by atoms with E-state index in [1.807, 2.05) is 11.5 Å². The van der Waals surface area contributed by atoms with Gasteiger partial charge in [-0.15, -0.1) is 10.2 Å². The lowest BCUT2D eigenvalue weighted by Crippen LogP contribution is -2.12. The molecule has 1 rings (SSSR count). The van der Waals surface area contributed by atoms with Gasteiger partial charge < -0.3 is 10.3 Å². The van der Waals surface area contributed by atoms with Crippen LogP contribution in [0.25, 0.3) is 0 Å². The van der Waals surface area contributed by atoms with E-state index in [9.17, 15) is 0 Å². The normalized spacial score (nSPS) is 10.5. The maximum Gasteiger partial charge on any atom is 0.191 e. The van der Waals surface area contributed by atoms with E-state index in [1.165, 1.54) is 11.8 Å². The van der Waals surface area contributed by atoms with Gasteiger partial charge >= 0.3 is 0 Å². The van der Waals surface area contributed by atoms with Crippen molar-refractivity contribution in [3.63, 3.8) is 0 Å². The van der Waals surface area contributed by atoms with Gasteiger partial charge in [-0.1, -0.05) is 29.9 Å². The second-order valence-corrected chi connectivity index (χ2v) is 4.25. The number of hydrogen-bond donors (Lipinski definition) is 1. The van der Waals surface area contributed by atoms with Gasteiger partial charge in [-0.2, -0.15) is 0 Å². The standard InChI is InChI=1S/C8H13ClN4S/c1-6(9)5-14-8-12-11-7(2)13(8)4-3-10/h1,3-5,10H2,2H3. The molecule has 78 valence electrons. The predicted molar refractivity (Wildman–Crippen MR) is 59.5 cm³/mol. The first-order chi connectivity index (χ1) is 6.65. The van der Waals surface area contributed by atoms with Crippen LogP contribution in [0.15, 0.2) is 16.8 Å². The monoisotopic (exact) mass is 232 g/mol. The van der Waals surface area contributed by atoms with Gasteiger partial charge in [-0.05, 0) is 6.92 Å². The Labute approximate surface area is 92.5 Å². The number of aryl methyl sites for hydroxylation is 1. The Kier molecular flexibility index (Phi) is 4.44. The predicted octanol–water partition coefficient (Wildman–Crippen LogP) is 1.39. The summed E-state index contributed by atoms with van der Waals surface area (Å²) < 4.78 is 1.98. The maximum absolute atomic E-state index is 5.67. The quantitative estimate of drug-likeness (QED) is 0.780. The first-order valence-corrected chi connectivity index (χ1v) is 5.57. The molecule has 0 atom stereocenters. The number of halogens is 1. The molecular formula is C8H13ClN4S. The van der Waals surface area contributed by atoms with Gasteiger partial charge in [0.05, 0.1) is 0 Å². The molecule has 0 radical (unpaired) electrons. The van der Waals surface area contributed by atoms with E-state index in [4.69, 9.17) is 17.3 Å². The van der Waals surface area contributed by atoms with Crippen molar-refractivity contribution >= 4 is 23.4 Å². The highest BCUT2D eigenvalue weighted by molar-refractivity contribution is 7.99. The molecule has 0 unspecified atom stereocenters. The number of thioether (sulfide) groups is 1. The van der Waals surface area contributed by atoms with Gasteiger partial charge in [0, 0.05) is 23.9 Å². The molecule has 0 aromatic carbocycles. The molecule has 0 aliphatic heterocycles. The van der Waals surface area contributed by atoms with Crippen molar-refractivity contribution in [1.29, 1.82) is 0 Å². The van der Waals surface area contributed by atoms with Crippen LogP contribution in [0.5, 0.6) is 0 Å². The molecule has 0 aliphatic carbocycles. The number of nitrogens with zero attached hydrogens (tertiary/aromatic N) is 3. The molecule has 0 saturated carbocycles. The fourth-order valence-corrected chi connectivity index (χ4v) is 1.92. The van der Waals surface area contributed by atoms with Crippen LogP contribution in [0.3, 0.4) is 0 Å². The molecule has 1 aromatic rings. The van der Waals surface area contributed by atoms with Gasteiger partial charge in [0.25, 0.3) is 0 Å². The molecule has 4 nitrogen and oxygen atoms in total. The van der Waals surface area contributed by atoms with Crippen molar-refractivity contribution in [1.82, 2.24) is 14.8 Å². The third-order valence-electron chi connectivity index (χ3n) is 1.61. The van der Waals surface area contributed by atoms with E-state index in [2.05, 4.69) is 16.8 Å².